The highest BCUT2D eigenvalue weighted by molar-refractivity contribution is 5.93. The maximum absolute atomic E-state index is 12.7. The molecule has 29 heavy (non-hydrogen) atoms. The number of esters is 1. The molecule has 1 unspecified atom stereocenters. The number of benzene rings is 2. The molecule has 7 nitrogen and oxygen atoms in total. The van der Waals surface area contributed by atoms with Crippen molar-refractivity contribution in [2.45, 2.75) is 38.0 Å². The van der Waals surface area contributed by atoms with E-state index in [0.717, 1.165) is 11.1 Å². The zero-order valence-corrected chi connectivity index (χ0v) is 16.2. The molecule has 0 aromatic heterocycles. The van der Waals surface area contributed by atoms with Crippen molar-refractivity contribution in [3.05, 3.63) is 71.8 Å². The Morgan fingerprint density at radius 1 is 1.03 bits per heavy atom. The number of alkyl carbamates (subject to hydrolysis) is 1. The van der Waals surface area contributed by atoms with Crippen LogP contribution < -0.4 is 10.6 Å². The van der Waals surface area contributed by atoms with Gasteiger partial charge in [0.25, 0.3) is 0 Å². The molecule has 2 amide bonds. The van der Waals surface area contributed by atoms with Gasteiger partial charge in [0.05, 0.1) is 6.61 Å². The van der Waals surface area contributed by atoms with Crippen LogP contribution >= 0.6 is 0 Å². The lowest BCUT2D eigenvalue weighted by molar-refractivity contribution is -0.143. The Morgan fingerprint density at radius 2 is 1.62 bits per heavy atom. The fourth-order valence-corrected chi connectivity index (χ4v) is 2.87. The Hall–Kier alpha value is -3.19. The van der Waals surface area contributed by atoms with Gasteiger partial charge in [0.1, 0.15) is 6.04 Å². The van der Waals surface area contributed by atoms with Crippen molar-refractivity contribution >= 4 is 18.0 Å². The van der Waals surface area contributed by atoms with Crippen molar-refractivity contribution in [1.82, 2.24) is 10.6 Å². The highest BCUT2D eigenvalue weighted by atomic mass is 16.7. The second kappa shape index (κ2) is 9.34. The molecule has 2 aromatic carbocycles. The average molecular weight is 396 g/mol. The third-order valence-electron chi connectivity index (χ3n) is 4.82. The van der Waals surface area contributed by atoms with E-state index in [1.807, 2.05) is 60.7 Å². The number of hydrogen-bond acceptors (Lipinski definition) is 5. The number of hydrogen-bond donors (Lipinski definition) is 2. The summed E-state index contributed by atoms with van der Waals surface area (Å²) in [6.45, 7) is 2.34. The van der Waals surface area contributed by atoms with Crippen molar-refractivity contribution in [1.29, 1.82) is 0 Å². The van der Waals surface area contributed by atoms with Crippen molar-refractivity contribution < 1.29 is 23.9 Å². The SMILES string of the molecule is CC[C@@]1(C(=O)OC(=O)NC(Cc2ccccc2)C(=O)NCc2ccccc2)CO1. The minimum atomic E-state index is -1.03. The summed E-state index contributed by atoms with van der Waals surface area (Å²) >= 11 is 0. The van der Waals surface area contributed by atoms with Gasteiger partial charge in [-0.15, -0.1) is 0 Å². The lowest BCUT2D eigenvalue weighted by atomic mass is 10.1. The van der Waals surface area contributed by atoms with E-state index in [9.17, 15) is 14.4 Å². The van der Waals surface area contributed by atoms with Gasteiger partial charge in [-0.1, -0.05) is 67.6 Å². The maximum atomic E-state index is 12.7. The van der Waals surface area contributed by atoms with E-state index in [1.165, 1.54) is 0 Å². The van der Waals surface area contributed by atoms with E-state index in [2.05, 4.69) is 10.6 Å². The third-order valence-corrected chi connectivity index (χ3v) is 4.82. The quantitative estimate of drug-likeness (QED) is 0.406. The fourth-order valence-electron chi connectivity index (χ4n) is 2.87. The van der Waals surface area contributed by atoms with Crippen molar-refractivity contribution in [3.8, 4) is 0 Å². The number of ether oxygens (including phenoxy) is 2. The molecule has 0 saturated carbocycles. The van der Waals surface area contributed by atoms with Crippen molar-refractivity contribution in [2.75, 3.05) is 6.61 Å². The normalized spacial score (nSPS) is 18.4. The van der Waals surface area contributed by atoms with Crippen LogP contribution in [0.4, 0.5) is 4.79 Å². The molecule has 0 spiro atoms. The van der Waals surface area contributed by atoms with Gasteiger partial charge >= 0.3 is 12.1 Å². The number of epoxide rings is 1. The van der Waals surface area contributed by atoms with Gasteiger partial charge in [0.2, 0.25) is 5.91 Å². The lowest BCUT2D eigenvalue weighted by Gasteiger charge is -2.19. The minimum absolute atomic E-state index is 0.237. The first-order valence-corrected chi connectivity index (χ1v) is 9.55. The van der Waals surface area contributed by atoms with Crippen LogP contribution in [0.3, 0.4) is 0 Å². The Morgan fingerprint density at radius 3 is 2.17 bits per heavy atom. The lowest BCUT2D eigenvalue weighted by Crippen LogP contribution is -2.49. The first-order valence-electron chi connectivity index (χ1n) is 9.55. The summed E-state index contributed by atoms with van der Waals surface area (Å²) in [5.74, 6) is -1.10. The molecule has 7 heteroatoms. The van der Waals surface area contributed by atoms with Gasteiger partial charge < -0.3 is 20.1 Å². The molecule has 3 rings (SSSR count). The maximum Gasteiger partial charge on any atom is 0.415 e. The summed E-state index contributed by atoms with van der Waals surface area (Å²) in [6.07, 6.45) is -0.279. The molecule has 1 aliphatic rings. The summed E-state index contributed by atoms with van der Waals surface area (Å²) < 4.78 is 9.97. The molecule has 0 aliphatic carbocycles. The zero-order chi connectivity index (χ0) is 20.7. The average Bonchev–Trinajstić information content (AvgIpc) is 3.54. The van der Waals surface area contributed by atoms with Crippen LogP contribution in [0.2, 0.25) is 0 Å². The Bertz CT molecular complexity index is 850. The molecule has 1 saturated heterocycles. The number of rotatable bonds is 8. The van der Waals surface area contributed by atoms with E-state index in [4.69, 9.17) is 9.47 Å². The van der Waals surface area contributed by atoms with Crippen LogP contribution in [0.15, 0.2) is 60.7 Å². The zero-order valence-electron chi connectivity index (χ0n) is 16.2. The van der Waals surface area contributed by atoms with Crippen molar-refractivity contribution in [3.63, 3.8) is 0 Å². The smallest absolute Gasteiger partial charge is 0.374 e. The number of amides is 2. The molecule has 152 valence electrons. The molecular formula is C22H24N2O5. The van der Waals surface area contributed by atoms with E-state index in [-0.39, 0.29) is 18.9 Å². The highest BCUT2D eigenvalue weighted by Gasteiger charge is 2.53. The van der Waals surface area contributed by atoms with Crippen LogP contribution in [-0.2, 0) is 32.0 Å². The highest BCUT2D eigenvalue weighted by Crippen LogP contribution is 2.31. The van der Waals surface area contributed by atoms with Gasteiger partial charge in [-0.05, 0) is 17.5 Å². The summed E-state index contributed by atoms with van der Waals surface area (Å²) in [6, 6.07) is 17.9. The van der Waals surface area contributed by atoms with Crippen LogP contribution in [0.25, 0.3) is 0 Å². The van der Waals surface area contributed by atoms with Gasteiger partial charge in [0, 0.05) is 13.0 Å². The molecule has 1 heterocycles. The van der Waals surface area contributed by atoms with E-state index >= 15 is 0 Å². The van der Waals surface area contributed by atoms with Gasteiger partial charge in [-0.3, -0.25) is 4.79 Å². The van der Waals surface area contributed by atoms with Gasteiger partial charge in [-0.2, -0.15) is 0 Å². The Balaban J connectivity index is 1.62. The van der Waals surface area contributed by atoms with Gasteiger partial charge in [0.15, 0.2) is 5.60 Å². The molecule has 0 radical (unpaired) electrons. The molecule has 2 atom stereocenters. The van der Waals surface area contributed by atoms with E-state index in [0.29, 0.717) is 13.0 Å². The fraction of sp³-hybridized carbons (Fsp3) is 0.318. The van der Waals surface area contributed by atoms with Crippen LogP contribution in [0.1, 0.15) is 24.5 Å². The second-order valence-corrected chi connectivity index (χ2v) is 6.90. The van der Waals surface area contributed by atoms with Crippen molar-refractivity contribution in [2.24, 2.45) is 0 Å². The monoisotopic (exact) mass is 396 g/mol. The van der Waals surface area contributed by atoms with E-state index < -0.39 is 23.7 Å². The summed E-state index contributed by atoms with van der Waals surface area (Å²) in [7, 11) is 0. The van der Waals surface area contributed by atoms with Crippen LogP contribution in [0.5, 0.6) is 0 Å². The standard InChI is InChI=1S/C22H24N2O5/c1-2-22(15-28-22)20(26)29-21(27)24-18(13-16-9-5-3-6-10-16)19(25)23-14-17-11-7-4-8-12-17/h3-12,18H,2,13-15H2,1H3,(H,23,25)(H,24,27)/t18?,22-/m0/s1. The van der Waals surface area contributed by atoms with Crippen LogP contribution in [0, 0.1) is 0 Å². The summed E-state index contributed by atoms with van der Waals surface area (Å²) in [4.78, 5) is 37.0. The first-order chi connectivity index (χ1) is 14.0. The first kappa shape index (κ1) is 20.5. The molecule has 2 N–H and O–H groups in total. The Labute approximate surface area is 169 Å². The predicted molar refractivity (Wildman–Crippen MR) is 106 cm³/mol. The molecule has 1 fully saturated rings. The molecule has 0 bridgehead atoms. The molecule has 1 aliphatic heterocycles. The third kappa shape index (κ3) is 5.65. The minimum Gasteiger partial charge on any atom is -0.374 e. The second-order valence-electron chi connectivity index (χ2n) is 6.90. The Kier molecular flexibility index (Phi) is 6.61. The summed E-state index contributed by atoms with van der Waals surface area (Å²) in [5.41, 5.74) is 0.782. The van der Waals surface area contributed by atoms with Gasteiger partial charge in [-0.25, -0.2) is 9.59 Å². The topological polar surface area (TPSA) is 97.0 Å². The largest absolute Gasteiger partial charge is 0.415 e. The number of carbonyl (C=O) groups excluding carboxylic acids is 3. The van der Waals surface area contributed by atoms with Crippen LogP contribution in [-0.4, -0.2) is 36.2 Å². The van der Waals surface area contributed by atoms with E-state index in [1.54, 1.807) is 6.92 Å². The summed E-state index contributed by atoms with van der Waals surface area (Å²) in [5, 5.41) is 5.32. The number of nitrogens with one attached hydrogen (secondary N) is 2. The molecular weight excluding hydrogens is 372 g/mol. The predicted octanol–water partition coefficient (Wildman–Crippen LogP) is 2.35. The molecule has 2 aromatic rings. The number of carbonyl (C=O) groups is 3.